The molecule has 0 heterocycles. The molecule has 3 N–H and O–H groups in total. The van der Waals surface area contributed by atoms with Crippen LogP contribution in [0.2, 0.25) is 0 Å². The van der Waals surface area contributed by atoms with Crippen molar-refractivity contribution in [3.63, 3.8) is 0 Å². The van der Waals surface area contributed by atoms with Crippen LogP contribution in [0.4, 0.5) is 0 Å². The van der Waals surface area contributed by atoms with Crippen LogP contribution >= 0.6 is 7.82 Å². The van der Waals surface area contributed by atoms with Crippen LogP contribution in [0.3, 0.4) is 0 Å². The van der Waals surface area contributed by atoms with Gasteiger partial charge in [-0.25, -0.2) is 4.57 Å². The first-order chi connectivity index (χ1) is 38.8. The van der Waals surface area contributed by atoms with E-state index in [-0.39, 0.29) is 38.6 Å². The number of ether oxygens (including phenoxy) is 2. The van der Waals surface area contributed by atoms with Gasteiger partial charge in [0.15, 0.2) is 6.10 Å². The third-order valence-corrected chi connectivity index (χ3v) is 14.6. The van der Waals surface area contributed by atoms with Gasteiger partial charge in [-0.1, -0.05) is 277 Å². The van der Waals surface area contributed by atoms with E-state index >= 15 is 0 Å². The number of carbonyl (C=O) groups is 2. The van der Waals surface area contributed by atoms with Crippen molar-refractivity contribution in [2.24, 2.45) is 5.73 Å². The summed E-state index contributed by atoms with van der Waals surface area (Å²) in [5.41, 5.74) is 5.39. The lowest BCUT2D eigenvalue weighted by Crippen LogP contribution is -2.29. The van der Waals surface area contributed by atoms with Crippen molar-refractivity contribution in [1.29, 1.82) is 0 Å². The number of phosphoric ester groups is 1. The van der Waals surface area contributed by atoms with Gasteiger partial charge in [-0.05, 0) is 103 Å². The van der Waals surface area contributed by atoms with Gasteiger partial charge < -0.3 is 20.1 Å². The maximum absolute atomic E-state index is 12.7. The fourth-order valence-corrected chi connectivity index (χ4v) is 9.65. The Bertz CT molecular complexity index is 1660. The SMILES string of the molecule is CC/C=C\C/C=C\C/C=C\C/C=C\C/C=C\C/C=C\C/C=C\CCCCCCCCCCCCCCCCCC(=O)OC(COC(=O)CCCCCCCCCCC/C=C\C/C=C\CCCCCCC)COP(=O)(O)OCCN. The number of phosphoric acid groups is 1. The zero-order chi connectivity index (χ0) is 57.3. The minimum atomic E-state index is -4.40. The molecule has 2 unspecified atom stereocenters. The Morgan fingerprint density at radius 2 is 0.696 bits per heavy atom. The molecule has 0 aliphatic rings. The number of rotatable bonds is 60. The van der Waals surface area contributed by atoms with E-state index in [2.05, 4.69) is 123 Å². The lowest BCUT2D eigenvalue weighted by Gasteiger charge is -2.19. The summed E-state index contributed by atoms with van der Waals surface area (Å²) in [7, 11) is -4.40. The van der Waals surface area contributed by atoms with Crippen LogP contribution in [-0.4, -0.2) is 49.3 Å². The summed E-state index contributed by atoms with van der Waals surface area (Å²) in [6, 6.07) is 0. The molecule has 2 atom stereocenters. The minimum absolute atomic E-state index is 0.0495. The first-order valence-electron chi connectivity index (χ1n) is 32.4. The summed E-state index contributed by atoms with van der Waals surface area (Å²) in [6.07, 6.45) is 87.3. The molecular weight excluding hydrogens is 1000 g/mol. The van der Waals surface area contributed by atoms with Gasteiger partial charge >= 0.3 is 19.8 Å². The topological polar surface area (TPSA) is 134 Å². The van der Waals surface area contributed by atoms with E-state index in [0.29, 0.717) is 6.42 Å². The average Bonchev–Trinajstić information content (AvgIpc) is 3.44. The van der Waals surface area contributed by atoms with Gasteiger partial charge in [0, 0.05) is 19.4 Å². The second-order valence-corrected chi connectivity index (χ2v) is 22.7. The van der Waals surface area contributed by atoms with E-state index in [1.807, 2.05) is 0 Å². The highest BCUT2D eigenvalue weighted by Gasteiger charge is 2.26. The maximum Gasteiger partial charge on any atom is 0.472 e. The van der Waals surface area contributed by atoms with Crippen LogP contribution in [0.25, 0.3) is 0 Å². The molecule has 0 aliphatic carbocycles. The molecule has 0 aromatic carbocycles. The molecule has 0 amide bonds. The third kappa shape index (κ3) is 63.7. The molecule has 0 aliphatic heterocycles. The monoisotopic (exact) mass is 1120 g/mol. The van der Waals surface area contributed by atoms with Crippen molar-refractivity contribution in [3.05, 3.63) is 109 Å². The standard InChI is InChI=1S/C69H120NO8P/c1-3-5-7-9-11-13-15-17-19-21-23-25-26-27-28-29-30-31-32-33-34-35-36-37-38-39-40-42-44-46-48-50-52-54-56-58-60-62-69(72)78-67(66-77-79(73,74)76-64-63-70)65-75-68(71)61-59-57-55-53-51-49-47-45-43-41-24-22-20-18-16-14-12-10-8-6-4-2/h5,7,11,13,16-19,22-25,27-28,30-31,33-34,67H,3-4,6,8-10,12,14-15,20-21,26,29,32,35-66,70H2,1-2H3,(H,73,74)/b7-5-,13-11-,18-16-,19-17-,24-22-,25-23-,28-27-,31-30-,34-33-. The van der Waals surface area contributed by atoms with Gasteiger partial charge in [0.05, 0.1) is 13.2 Å². The number of hydrogen-bond acceptors (Lipinski definition) is 8. The normalized spacial score (nSPS) is 13.7. The van der Waals surface area contributed by atoms with Crippen molar-refractivity contribution in [2.45, 2.75) is 290 Å². The molecule has 9 nitrogen and oxygen atoms in total. The van der Waals surface area contributed by atoms with Gasteiger partial charge in [-0.15, -0.1) is 0 Å². The van der Waals surface area contributed by atoms with E-state index in [9.17, 15) is 19.0 Å². The van der Waals surface area contributed by atoms with Crippen LogP contribution in [0, 0.1) is 0 Å². The molecule has 10 heteroatoms. The number of unbranched alkanes of at least 4 members (excludes halogenated alkanes) is 29. The molecule has 0 aromatic heterocycles. The summed E-state index contributed by atoms with van der Waals surface area (Å²) >= 11 is 0. The van der Waals surface area contributed by atoms with E-state index in [1.165, 1.54) is 154 Å². The average molecular weight is 1120 g/mol. The summed E-state index contributed by atoms with van der Waals surface area (Å²) in [5.74, 6) is -0.829. The first kappa shape index (κ1) is 75.7. The number of nitrogens with two attached hydrogens (primary N) is 1. The van der Waals surface area contributed by atoms with Crippen LogP contribution in [0.15, 0.2) is 109 Å². The Balaban J connectivity index is 3.91. The van der Waals surface area contributed by atoms with Gasteiger partial charge in [-0.2, -0.15) is 0 Å². The lowest BCUT2D eigenvalue weighted by atomic mass is 10.0. The smallest absolute Gasteiger partial charge is 0.462 e. The number of esters is 2. The fourth-order valence-electron chi connectivity index (χ4n) is 8.88. The molecule has 0 bridgehead atoms. The fraction of sp³-hybridized carbons (Fsp3) is 0.710. The second-order valence-electron chi connectivity index (χ2n) is 21.2. The highest BCUT2D eigenvalue weighted by molar-refractivity contribution is 7.47. The van der Waals surface area contributed by atoms with Gasteiger partial charge in [0.25, 0.3) is 0 Å². The zero-order valence-corrected chi connectivity index (χ0v) is 51.7. The molecule has 79 heavy (non-hydrogen) atoms. The summed E-state index contributed by atoms with van der Waals surface area (Å²) < 4.78 is 33.1. The quantitative estimate of drug-likeness (QED) is 0.0264. The van der Waals surface area contributed by atoms with Crippen LogP contribution in [-0.2, 0) is 32.7 Å². The molecule has 454 valence electrons. The predicted molar refractivity (Wildman–Crippen MR) is 339 cm³/mol. The minimum Gasteiger partial charge on any atom is -0.462 e. The summed E-state index contributed by atoms with van der Waals surface area (Å²) in [5, 5.41) is 0. The largest absolute Gasteiger partial charge is 0.472 e. The van der Waals surface area contributed by atoms with Crippen LogP contribution in [0.1, 0.15) is 284 Å². The third-order valence-electron chi connectivity index (χ3n) is 13.6. The van der Waals surface area contributed by atoms with Gasteiger partial charge in [0.2, 0.25) is 0 Å². The number of carbonyl (C=O) groups excluding carboxylic acids is 2. The number of allylic oxidation sites excluding steroid dienone is 18. The highest BCUT2D eigenvalue weighted by atomic mass is 31.2. The van der Waals surface area contributed by atoms with Crippen molar-refractivity contribution < 1.29 is 37.6 Å². The molecule has 0 spiro atoms. The van der Waals surface area contributed by atoms with Gasteiger partial charge in [0.1, 0.15) is 6.61 Å². The Hall–Kier alpha value is -3.33. The van der Waals surface area contributed by atoms with Crippen molar-refractivity contribution in [3.8, 4) is 0 Å². The predicted octanol–water partition coefficient (Wildman–Crippen LogP) is 21.0. The molecule has 0 aromatic rings. The lowest BCUT2D eigenvalue weighted by molar-refractivity contribution is -0.161. The molecule has 0 radical (unpaired) electrons. The van der Waals surface area contributed by atoms with Crippen LogP contribution < -0.4 is 5.73 Å². The van der Waals surface area contributed by atoms with E-state index in [4.69, 9.17) is 24.3 Å². The highest BCUT2D eigenvalue weighted by Crippen LogP contribution is 2.43. The Morgan fingerprint density at radius 3 is 1.04 bits per heavy atom. The van der Waals surface area contributed by atoms with E-state index in [1.54, 1.807) is 0 Å². The maximum atomic E-state index is 12.7. The molecule has 0 rings (SSSR count). The Kier molecular flexibility index (Phi) is 61.2. The zero-order valence-electron chi connectivity index (χ0n) is 50.8. The second kappa shape index (κ2) is 63.8. The van der Waals surface area contributed by atoms with Crippen molar-refractivity contribution in [1.82, 2.24) is 0 Å². The first-order valence-corrected chi connectivity index (χ1v) is 33.9. The van der Waals surface area contributed by atoms with E-state index in [0.717, 1.165) is 96.3 Å². The number of hydrogen-bond donors (Lipinski definition) is 2. The van der Waals surface area contributed by atoms with E-state index < -0.39 is 26.5 Å². The summed E-state index contributed by atoms with van der Waals surface area (Å²) in [4.78, 5) is 35.3. The molecule has 0 fully saturated rings. The van der Waals surface area contributed by atoms with Crippen LogP contribution in [0.5, 0.6) is 0 Å². The summed E-state index contributed by atoms with van der Waals surface area (Å²) in [6.45, 7) is 3.63. The molecule has 0 saturated carbocycles. The van der Waals surface area contributed by atoms with Gasteiger partial charge in [-0.3, -0.25) is 18.6 Å². The van der Waals surface area contributed by atoms with Crippen molar-refractivity contribution in [2.75, 3.05) is 26.4 Å². The Labute approximate surface area is 486 Å². The molecular formula is C69H120NO8P. The molecule has 0 saturated heterocycles. The Morgan fingerprint density at radius 1 is 0.392 bits per heavy atom. The van der Waals surface area contributed by atoms with Crippen molar-refractivity contribution >= 4 is 19.8 Å².